The highest BCUT2D eigenvalue weighted by atomic mass is 35.5. The molecule has 0 aliphatic carbocycles. The Morgan fingerprint density at radius 3 is 2.20 bits per heavy atom. The van der Waals surface area contributed by atoms with Crippen LogP contribution in [0, 0.1) is 13.8 Å². The van der Waals surface area contributed by atoms with Crippen molar-refractivity contribution >= 4 is 26.5 Å². The molecule has 0 fully saturated rings. The zero-order valence-electron chi connectivity index (χ0n) is 11.3. The lowest BCUT2D eigenvalue weighted by Gasteiger charge is -2.05. The minimum absolute atomic E-state index is 0.226. The van der Waals surface area contributed by atoms with E-state index in [0.717, 1.165) is 22.1 Å². The summed E-state index contributed by atoms with van der Waals surface area (Å²) in [4.78, 5) is 0.245. The van der Waals surface area contributed by atoms with Crippen LogP contribution in [-0.2, 0) is 9.84 Å². The SMILES string of the molecule is Cc1ccc(S(=O)(=O)/C=C(\Cl)c2ccccc2C)cc1. The summed E-state index contributed by atoms with van der Waals surface area (Å²) < 4.78 is 24.6. The molecule has 0 aromatic heterocycles. The first kappa shape index (κ1) is 14.8. The molecule has 0 aliphatic heterocycles. The van der Waals surface area contributed by atoms with E-state index in [1.807, 2.05) is 32.0 Å². The number of hydrogen-bond acceptors (Lipinski definition) is 2. The molecule has 104 valence electrons. The minimum atomic E-state index is -3.54. The summed E-state index contributed by atoms with van der Waals surface area (Å²) in [6, 6.07) is 14.1. The van der Waals surface area contributed by atoms with Crippen LogP contribution in [-0.4, -0.2) is 8.42 Å². The van der Waals surface area contributed by atoms with Crippen molar-refractivity contribution in [3.05, 3.63) is 70.6 Å². The third-order valence-electron chi connectivity index (χ3n) is 3.01. The van der Waals surface area contributed by atoms with Crippen molar-refractivity contribution in [3.8, 4) is 0 Å². The fourth-order valence-corrected chi connectivity index (χ4v) is 3.45. The van der Waals surface area contributed by atoms with Gasteiger partial charge in [-0.2, -0.15) is 0 Å². The minimum Gasteiger partial charge on any atom is -0.219 e. The quantitative estimate of drug-likeness (QED) is 0.846. The summed E-state index contributed by atoms with van der Waals surface area (Å²) >= 11 is 6.16. The fourth-order valence-electron chi connectivity index (χ4n) is 1.84. The van der Waals surface area contributed by atoms with E-state index >= 15 is 0 Å². The molecule has 0 unspecified atom stereocenters. The number of benzene rings is 2. The number of hydrogen-bond donors (Lipinski definition) is 0. The summed E-state index contributed by atoms with van der Waals surface area (Å²) in [7, 11) is -3.54. The second kappa shape index (κ2) is 5.81. The van der Waals surface area contributed by atoms with E-state index in [4.69, 9.17) is 11.6 Å². The predicted octanol–water partition coefficient (Wildman–Crippen LogP) is 4.31. The maximum Gasteiger partial charge on any atom is 0.201 e. The summed E-state index contributed by atoms with van der Waals surface area (Å²) in [5.41, 5.74) is 2.68. The Kier molecular flexibility index (Phi) is 4.31. The Morgan fingerprint density at radius 2 is 1.60 bits per heavy atom. The lowest BCUT2D eigenvalue weighted by atomic mass is 10.1. The summed E-state index contributed by atoms with van der Waals surface area (Å²) in [6.07, 6.45) is 0. The van der Waals surface area contributed by atoms with Crippen LogP contribution in [0.25, 0.3) is 5.03 Å². The Balaban J connectivity index is 2.43. The zero-order valence-corrected chi connectivity index (χ0v) is 12.9. The van der Waals surface area contributed by atoms with E-state index in [9.17, 15) is 8.42 Å². The van der Waals surface area contributed by atoms with Gasteiger partial charge in [0.25, 0.3) is 0 Å². The van der Waals surface area contributed by atoms with Gasteiger partial charge in [0, 0.05) is 0 Å². The van der Waals surface area contributed by atoms with E-state index in [2.05, 4.69) is 0 Å². The van der Waals surface area contributed by atoms with Crippen LogP contribution in [0.4, 0.5) is 0 Å². The molecule has 0 bridgehead atoms. The van der Waals surface area contributed by atoms with Gasteiger partial charge in [-0.25, -0.2) is 8.42 Å². The molecular formula is C16H15ClO2S. The number of halogens is 1. The first-order chi connectivity index (χ1) is 9.40. The summed E-state index contributed by atoms with van der Waals surface area (Å²) in [5.74, 6) is 0. The third-order valence-corrected chi connectivity index (χ3v) is 4.93. The molecule has 0 amide bonds. The first-order valence-electron chi connectivity index (χ1n) is 6.15. The lowest BCUT2D eigenvalue weighted by Crippen LogP contribution is -1.97. The normalized spacial score (nSPS) is 12.4. The fraction of sp³-hybridized carbons (Fsp3) is 0.125. The molecule has 0 atom stereocenters. The van der Waals surface area contributed by atoms with Crippen molar-refractivity contribution in [1.29, 1.82) is 0 Å². The third kappa shape index (κ3) is 3.30. The van der Waals surface area contributed by atoms with Crippen LogP contribution in [0.15, 0.2) is 58.8 Å². The zero-order chi connectivity index (χ0) is 14.8. The molecule has 20 heavy (non-hydrogen) atoms. The Labute approximate surface area is 124 Å². The number of sulfone groups is 1. The number of aryl methyl sites for hydroxylation is 2. The molecular weight excluding hydrogens is 292 g/mol. The van der Waals surface area contributed by atoms with E-state index in [1.54, 1.807) is 30.3 Å². The van der Waals surface area contributed by atoms with Gasteiger partial charge < -0.3 is 0 Å². The molecule has 0 saturated heterocycles. The van der Waals surface area contributed by atoms with Gasteiger partial charge in [0.2, 0.25) is 9.84 Å². The highest BCUT2D eigenvalue weighted by Gasteiger charge is 2.13. The average molecular weight is 307 g/mol. The summed E-state index contributed by atoms with van der Waals surface area (Å²) in [6.45, 7) is 3.80. The monoisotopic (exact) mass is 306 g/mol. The van der Waals surface area contributed by atoms with Crippen LogP contribution in [0.5, 0.6) is 0 Å². The van der Waals surface area contributed by atoms with Gasteiger partial charge in [-0.3, -0.25) is 0 Å². The van der Waals surface area contributed by atoms with Crippen molar-refractivity contribution < 1.29 is 8.42 Å². The maximum atomic E-state index is 12.3. The predicted molar refractivity (Wildman–Crippen MR) is 83.4 cm³/mol. The topological polar surface area (TPSA) is 34.1 Å². The largest absolute Gasteiger partial charge is 0.219 e. The molecule has 0 radical (unpaired) electrons. The Hall–Kier alpha value is -1.58. The van der Waals surface area contributed by atoms with Crippen LogP contribution in [0.1, 0.15) is 16.7 Å². The molecule has 2 aromatic carbocycles. The molecule has 0 saturated carbocycles. The van der Waals surface area contributed by atoms with E-state index in [-0.39, 0.29) is 9.93 Å². The van der Waals surface area contributed by atoms with Gasteiger partial charge in [0.15, 0.2) is 0 Å². The molecule has 0 aliphatic rings. The van der Waals surface area contributed by atoms with Crippen LogP contribution in [0.3, 0.4) is 0 Å². The van der Waals surface area contributed by atoms with Crippen molar-refractivity contribution in [3.63, 3.8) is 0 Å². The van der Waals surface area contributed by atoms with Gasteiger partial charge in [0.05, 0.1) is 15.3 Å². The van der Waals surface area contributed by atoms with Gasteiger partial charge in [-0.05, 0) is 37.1 Å². The smallest absolute Gasteiger partial charge is 0.201 e. The highest BCUT2D eigenvalue weighted by molar-refractivity contribution is 7.94. The van der Waals surface area contributed by atoms with Gasteiger partial charge in [-0.15, -0.1) is 0 Å². The second-order valence-electron chi connectivity index (χ2n) is 4.64. The molecule has 0 heterocycles. The molecule has 4 heteroatoms. The van der Waals surface area contributed by atoms with Gasteiger partial charge in [-0.1, -0.05) is 53.6 Å². The highest BCUT2D eigenvalue weighted by Crippen LogP contribution is 2.25. The maximum absolute atomic E-state index is 12.3. The van der Waals surface area contributed by atoms with Crippen molar-refractivity contribution in [2.75, 3.05) is 0 Å². The molecule has 2 aromatic rings. The standard InChI is InChI=1S/C16H15ClO2S/c1-12-7-9-14(10-8-12)20(18,19)11-16(17)15-6-4-3-5-13(15)2/h3-11H,1-2H3/b16-11-. The first-order valence-corrected chi connectivity index (χ1v) is 8.07. The van der Waals surface area contributed by atoms with Crippen molar-refractivity contribution in [2.24, 2.45) is 0 Å². The van der Waals surface area contributed by atoms with Crippen molar-refractivity contribution in [2.45, 2.75) is 18.7 Å². The molecule has 2 nitrogen and oxygen atoms in total. The lowest BCUT2D eigenvalue weighted by molar-refractivity contribution is 0.605. The van der Waals surface area contributed by atoms with Crippen molar-refractivity contribution in [1.82, 2.24) is 0 Å². The Morgan fingerprint density at radius 1 is 1.00 bits per heavy atom. The van der Waals surface area contributed by atoms with Gasteiger partial charge >= 0.3 is 0 Å². The second-order valence-corrected chi connectivity index (χ2v) is 6.84. The van der Waals surface area contributed by atoms with E-state index in [1.165, 1.54) is 0 Å². The Bertz CT molecular complexity index is 744. The van der Waals surface area contributed by atoms with Crippen LogP contribution in [0.2, 0.25) is 0 Å². The number of rotatable bonds is 3. The molecule has 0 spiro atoms. The van der Waals surface area contributed by atoms with Crippen LogP contribution >= 0.6 is 11.6 Å². The average Bonchev–Trinajstić information content (AvgIpc) is 2.39. The van der Waals surface area contributed by atoms with Gasteiger partial charge in [0.1, 0.15) is 0 Å². The van der Waals surface area contributed by atoms with Crippen LogP contribution < -0.4 is 0 Å². The molecule has 2 rings (SSSR count). The van der Waals surface area contributed by atoms with E-state index < -0.39 is 9.84 Å². The summed E-state index contributed by atoms with van der Waals surface area (Å²) in [5, 5.41) is 1.34. The molecule has 0 N–H and O–H groups in total. The van der Waals surface area contributed by atoms with E-state index in [0.29, 0.717) is 0 Å².